The standard InChI is InChI=1S/C25H26/c1-4-5-18-25(2,3)23-17-16-22(19-23)24(20-12-8-6-9-13-20)21-14-10-7-11-15-21/h4,6-17,19H,1,5,18H2,2-3H3. The summed E-state index contributed by atoms with van der Waals surface area (Å²) in [4.78, 5) is 0. The maximum atomic E-state index is 3.87. The van der Waals surface area contributed by atoms with Crippen molar-refractivity contribution in [1.29, 1.82) is 0 Å². The molecule has 0 fully saturated rings. The number of hydrogen-bond acceptors (Lipinski definition) is 0. The quantitative estimate of drug-likeness (QED) is 0.502. The predicted octanol–water partition coefficient (Wildman–Crippen LogP) is 6.98. The Bertz CT molecular complexity index is 773. The Morgan fingerprint density at radius 1 is 0.880 bits per heavy atom. The van der Waals surface area contributed by atoms with Crippen molar-refractivity contribution in [3.8, 4) is 0 Å². The summed E-state index contributed by atoms with van der Waals surface area (Å²) in [5.41, 5.74) is 6.66. The van der Waals surface area contributed by atoms with Crippen molar-refractivity contribution >= 4 is 5.57 Å². The lowest BCUT2D eigenvalue weighted by atomic mass is 9.80. The molecule has 0 atom stereocenters. The van der Waals surface area contributed by atoms with E-state index in [1.54, 1.807) is 0 Å². The second kappa shape index (κ2) is 7.53. The minimum atomic E-state index is 0.158. The molecule has 2 aromatic rings. The van der Waals surface area contributed by atoms with Gasteiger partial charge in [-0.05, 0) is 46.1 Å². The van der Waals surface area contributed by atoms with Gasteiger partial charge in [-0.25, -0.2) is 0 Å². The van der Waals surface area contributed by atoms with Crippen LogP contribution < -0.4 is 0 Å². The van der Waals surface area contributed by atoms with E-state index in [1.165, 1.54) is 27.8 Å². The van der Waals surface area contributed by atoms with Crippen LogP contribution in [0.4, 0.5) is 0 Å². The van der Waals surface area contributed by atoms with E-state index in [4.69, 9.17) is 0 Å². The van der Waals surface area contributed by atoms with Gasteiger partial charge in [0, 0.05) is 0 Å². The van der Waals surface area contributed by atoms with Gasteiger partial charge in [0.1, 0.15) is 0 Å². The fourth-order valence-corrected chi connectivity index (χ4v) is 3.34. The first-order valence-electron chi connectivity index (χ1n) is 8.98. The van der Waals surface area contributed by atoms with Crippen molar-refractivity contribution in [2.24, 2.45) is 5.41 Å². The van der Waals surface area contributed by atoms with Crippen molar-refractivity contribution in [1.82, 2.24) is 0 Å². The van der Waals surface area contributed by atoms with Crippen LogP contribution in [0.3, 0.4) is 0 Å². The van der Waals surface area contributed by atoms with Crippen LogP contribution in [-0.2, 0) is 0 Å². The van der Waals surface area contributed by atoms with Crippen LogP contribution in [0, 0.1) is 5.41 Å². The third kappa shape index (κ3) is 3.91. The monoisotopic (exact) mass is 326 g/mol. The maximum Gasteiger partial charge on any atom is -0.00388 e. The number of benzene rings is 2. The molecule has 2 aromatic carbocycles. The Kier molecular flexibility index (Phi) is 5.19. The molecule has 1 aliphatic rings. The minimum absolute atomic E-state index is 0.158. The second-order valence-electron chi connectivity index (χ2n) is 7.21. The Morgan fingerprint density at radius 3 is 1.96 bits per heavy atom. The molecule has 0 aromatic heterocycles. The molecular formula is C25H26. The van der Waals surface area contributed by atoms with Crippen LogP contribution in [-0.4, -0.2) is 0 Å². The van der Waals surface area contributed by atoms with E-state index in [2.05, 4.69) is 99.3 Å². The molecular weight excluding hydrogens is 300 g/mol. The van der Waals surface area contributed by atoms with Gasteiger partial charge in [0.15, 0.2) is 0 Å². The van der Waals surface area contributed by atoms with E-state index in [9.17, 15) is 0 Å². The molecule has 0 saturated carbocycles. The third-order valence-corrected chi connectivity index (χ3v) is 4.92. The summed E-state index contributed by atoms with van der Waals surface area (Å²) in [7, 11) is 0. The first kappa shape index (κ1) is 17.2. The van der Waals surface area contributed by atoms with Crippen LogP contribution in [0.15, 0.2) is 103 Å². The highest BCUT2D eigenvalue weighted by Gasteiger charge is 2.24. The number of allylic oxidation sites excluding steroid dienone is 6. The molecule has 0 heterocycles. The molecule has 0 bridgehead atoms. The topological polar surface area (TPSA) is 0 Å². The van der Waals surface area contributed by atoms with Gasteiger partial charge in [-0.3, -0.25) is 0 Å². The fraction of sp³-hybridized carbons (Fsp3) is 0.200. The van der Waals surface area contributed by atoms with Gasteiger partial charge in [-0.1, -0.05) is 98.8 Å². The van der Waals surface area contributed by atoms with E-state index >= 15 is 0 Å². The SMILES string of the molecule is C=CCCC(C)(C)C1=CC(=C(c2ccccc2)c2ccccc2)C=C1. The number of hydrogen-bond donors (Lipinski definition) is 0. The summed E-state index contributed by atoms with van der Waals surface area (Å²) >= 11 is 0. The molecule has 0 nitrogen and oxygen atoms in total. The molecule has 0 aliphatic heterocycles. The Morgan fingerprint density at radius 2 is 1.44 bits per heavy atom. The first-order valence-corrected chi connectivity index (χ1v) is 8.98. The van der Waals surface area contributed by atoms with Gasteiger partial charge in [0.05, 0.1) is 0 Å². The summed E-state index contributed by atoms with van der Waals surface area (Å²) in [6.45, 7) is 8.51. The fourth-order valence-electron chi connectivity index (χ4n) is 3.34. The van der Waals surface area contributed by atoms with Crippen molar-refractivity contribution in [3.63, 3.8) is 0 Å². The molecule has 1 aliphatic carbocycles. The van der Waals surface area contributed by atoms with Gasteiger partial charge in [0.25, 0.3) is 0 Å². The zero-order valence-electron chi connectivity index (χ0n) is 15.2. The Hall–Kier alpha value is -2.60. The first-order chi connectivity index (χ1) is 12.1. The van der Waals surface area contributed by atoms with Crippen molar-refractivity contribution < 1.29 is 0 Å². The predicted molar refractivity (Wildman–Crippen MR) is 109 cm³/mol. The van der Waals surface area contributed by atoms with E-state index in [1.807, 2.05) is 6.08 Å². The van der Waals surface area contributed by atoms with E-state index in [0.717, 1.165) is 12.8 Å². The summed E-state index contributed by atoms with van der Waals surface area (Å²) < 4.78 is 0. The zero-order chi connectivity index (χ0) is 17.7. The summed E-state index contributed by atoms with van der Waals surface area (Å²) in [6, 6.07) is 21.3. The van der Waals surface area contributed by atoms with Crippen molar-refractivity contribution in [2.75, 3.05) is 0 Å². The van der Waals surface area contributed by atoms with Crippen LogP contribution in [0.25, 0.3) is 5.57 Å². The highest BCUT2D eigenvalue weighted by molar-refractivity contribution is 5.86. The van der Waals surface area contributed by atoms with Gasteiger partial charge in [-0.15, -0.1) is 6.58 Å². The smallest absolute Gasteiger partial charge is 0.00388 e. The molecule has 0 saturated heterocycles. The van der Waals surface area contributed by atoms with Crippen LogP contribution in [0.1, 0.15) is 37.8 Å². The molecule has 0 N–H and O–H groups in total. The van der Waals surface area contributed by atoms with Gasteiger partial charge in [-0.2, -0.15) is 0 Å². The highest BCUT2D eigenvalue weighted by atomic mass is 14.3. The lowest BCUT2D eigenvalue weighted by molar-refractivity contribution is 0.422. The molecule has 126 valence electrons. The molecule has 0 heteroatoms. The zero-order valence-corrected chi connectivity index (χ0v) is 15.2. The number of rotatable bonds is 6. The van der Waals surface area contributed by atoms with E-state index in [-0.39, 0.29) is 5.41 Å². The largest absolute Gasteiger partial charge is 0.103 e. The summed E-state index contributed by atoms with van der Waals surface area (Å²) in [5.74, 6) is 0. The molecule has 0 radical (unpaired) electrons. The average Bonchev–Trinajstić information content (AvgIpc) is 3.13. The highest BCUT2D eigenvalue weighted by Crippen LogP contribution is 2.39. The molecule has 25 heavy (non-hydrogen) atoms. The maximum absolute atomic E-state index is 3.87. The van der Waals surface area contributed by atoms with Crippen LogP contribution >= 0.6 is 0 Å². The molecule has 0 amide bonds. The summed E-state index contributed by atoms with van der Waals surface area (Å²) in [5, 5.41) is 0. The normalized spacial score (nSPS) is 13.7. The van der Waals surface area contributed by atoms with Crippen molar-refractivity contribution in [2.45, 2.75) is 26.7 Å². The minimum Gasteiger partial charge on any atom is -0.103 e. The summed E-state index contributed by atoms with van der Waals surface area (Å²) in [6.07, 6.45) is 11.1. The van der Waals surface area contributed by atoms with E-state index < -0.39 is 0 Å². The lowest BCUT2D eigenvalue weighted by Gasteiger charge is -2.24. The molecule has 3 rings (SSSR count). The molecule has 0 spiro atoms. The van der Waals surface area contributed by atoms with Gasteiger partial charge >= 0.3 is 0 Å². The van der Waals surface area contributed by atoms with Crippen molar-refractivity contribution in [3.05, 3.63) is 114 Å². The van der Waals surface area contributed by atoms with Gasteiger partial charge < -0.3 is 0 Å². The molecule has 0 unspecified atom stereocenters. The third-order valence-electron chi connectivity index (χ3n) is 4.92. The Balaban J connectivity index is 2.08. The average molecular weight is 326 g/mol. The Labute approximate surface area is 151 Å². The van der Waals surface area contributed by atoms with Crippen LogP contribution in [0.2, 0.25) is 0 Å². The van der Waals surface area contributed by atoms with E-state index in [0.29, 0.717) is 0 Å². The second-order valence-corrected chi connectivity index (χ2v) is 7.21. The lowest BCUT2D eigenvalue weighted by Crippen LogP contribution is -2.12. The van der Waals surface area contributed by atoms with Gasteiger partial charge in [0.2, 0.25) is 0 Å². The van der Waals surface area contributed by atoms with Crippen LogP contribution in [0.5, 0.6) is 0 Å².